The standard InChI is InChI=1S/C13H18N2O3/c1-9-3-4-12(15(16)17)7-13(9)14-10(2)11-5-6-18-8-11/h3-4,7,10-11,14H,5-6,8H2,1-2H3. The molecule has 0 spiro atoms. The van der Waals surface area contributed by atoms with Crippen molar-refractivity contribution in [1.82, 2.24) is 0 Å². The van der Waals surface area contributed by atoms with E-state index >= 15 is 0 Å². The number of rotatable bonds is 4. The maximum atomic E-state index is 10.8. The van der Waals surface area contributed by atoms with Gasteiger partial charge in [-0.2, -0.15) is 0 Å². The van der Waals surface area contributed by atoms with E-state index in [1.165, 1.54) is 6.07 Å². The average Bonchev–Trinajstić information content (AvgIpc) is 2.85. The highest BCUT2D eigenvalue weighted by Gasteiger charge is 2.22. The van der Waals surface area contributed by atoms with E-state index in [1.807, 2.05) is 6.92 Å². The molecule has 1 fully saturated rings. The van der Waals surface area contributed by atoms with Gasteiger partial charge in [-0.1, -0.05) is 6.07 Å². The summed E-state index contributed by atoms with van der Waals surface area (Å²) < 4.78 is 5.36. The normalized spacial score (nSPS) is 20.7. The third-order valence-electron chi connectivity index (χ3n) is 3.49. The molecule has 0 bridgehead atoms. The summed E-state index contributed by atoms with van der Waals surface area (Å²) in [6.07, 6.45) is 1.04. The van der Waals surface area contributed by atoms with E-state index in [2.05, 4.69) is 12.2 Å². The number of benzene rings is 1. The van der Waals surface area contributed by atoms with Crippen LogP contribution in [0.5, 0.6) is 0 Å². The Morgan fingerprint density at radius 2 is 2.33 bits per heavy atom. The van der Waals surface area contributed by atoms with Crippen LogP contribution in [0.2, 0.25) is 0 Å². The number of hydrogen-bond acceptors (Lipinski definition) is 4. The second-order valence-electron chi connectivity index (χ2n) is 4.81. The Morgan fingerprint density at radius 1 is 1.56 bits per heavy atom. The minimum absolute atomic E-state index is 0.123. The number of nitro benzene ring substituents is 1. The number of non-ortho nitro benzene ring substituents is 1. The van der Waals surface area contributed by atoms with Crippen LogP contribution in [0.15, 0.2) is 18.2 Å². The van der Waals surface area contributed by atoms with E-state index in [4.69, 9.17) is 4.74 Å². The van der Waals surface area contributed by atoms with Gasteiger partial charge in [0.25, 0.3) is 5.69 Å². The maximum absolute atomic E-state index is 10.8. The number of hydrogen-bond donors (Lipinski definition) is 1. The summed E-state index contributed by atoms with van der Waals surface area (Å²) in [6, 6.07) is 5.16. The fraction of sp³-hybridized carbons (Fsp3) is 0.538. The molecule has 5 heteroatoms. The molecule has 5 nitrogen and oxygen atoms in total. The van der Waals surface area contributed by atoms with Crippen LogP contribution in [0.4, 0.5) is 11.4 Å². The lowest BCUT2D eigenvalue weighted by atomic mass is 10.00. The molecule has 2 rings (SSSR count). The van der Waals surface area contributed by atoms with Crippen LogP contribution in [0.25, 0.3) is 0 Å². The summed E-state index contributed by atoms with van der Waals surface area (Å²) in [7, 11) is 0. The molecular formula is C13H18N2O3. The van der Waals surface area contributed by atoms with E-state index in [-0.39, 0.29) is 16.7 Å². The summed E-state index contributed by atoms with van der Waals surface area (Å²) in [5.74, 6) is 0.476. The molecule has 1 N–H and O–H groups in total. The van der Waals surface area contributed by atoms with Crippen LogP contribution < -0.4 is 5.32 Å². The fourth-order valence-electron chi connectivity index (χ4n) is 2.19. The van der Waals surface area contributed by atoms with Gasteiger partial charge < -0.3 is 10.1 Å². The molecule has 1 aromatic rings. The molecule has 1 heterocycles. The van der Waals surface area contributed by atoms with E-state index in [9.17, 15) is 10.1 Å². The van der Waals surface area contributed by atoms with Gasteiger partial charge in [-0.3, -0.25) is 10.1 Å². The maximum Gasteiger partial charge on any atom is 0.271 e. The first-order valence-corrected chi connectivity index (χ1v) is 6.17. The molecule has 1 saturated heterocycles. The number of aryl methyl sites for hydroxylation is 1. The van der Waals surface area contributed by atoms with Crippen molar-refractivity contribution >= 4 is 11.4 Å². The molecule has 2 atom stereocenters. The predicted molar refractivity (Wildman–Crippen MR) is 69.8 cm³/mol. The number of anilines is 1. The minimum atomic E-state index is -0.367. The molecular weight excluding hydrogens is 232 g/mol. The van der Waals surface area contributed by atoms with Crippen LogP contribution in [0.3, 0.4) is 0 Å². The molecule has 0 aromatic heterocycles. The Morgan fingerprint density at radius 3 is 2.94 bits per heavy atom. The molecule has 1 aliphatic heterocycles. The second kappa shape index (κ2) is 5.35. The Bertz CT molecular complexity index is 442. The monoisotopic (exact) mass is 250 g/mol. The molecule has 98 valence electrons. The lowest BCUT2D eigenvalue weighted by molar-refractivity contribution is -0.384. The van der Waals surface area contributed by atoms with Crippen molar-refractivity contribution in [1.29, 1.82) is 0 Å². The molecule has 18 heavy (non-hydrogen) atoms. The second-order valence-corrected chi connectivity index (χ2v) is 4.81. The van der Waals surface area contributed by atoms with Crippen LogP contribution >= 0.6 is 0 Å². The molecule has 1 aliphatic rings. The zero-order chi connectivity index (χ0) is 13.1. The molecule has 1 aromatic carbocycles. The van der Waals surface area contributed by atoms with Gasteiger partial charge in [0.05, 0.1) is 11.5 Å². The summed E-state index contributed by atoms with van der Waals surface area (Å²) in [5.41, 5.74) is 1.98. The van der Waals surface area contributed by atoms with Crippen molar-refractivity contribution in [2.75, 3.05) is 18.5 Å². The SMILES string of the molecule is Cc1ccc([N+](=O)[O-])cc1NC(C)C1CCOC1. The van der Waals surface area contributed by atoms with Gasteiger partial charge >= 0.3 is 0 Å². The first-order chi connectivity index (χ1) is 8.58. The van der Waals surface area contributed by atoms with E-state index in [0.717, 1.165) is 30.9 Å². The van der Waals surface area contributed by atoms with Crippen molar-refractivity contribution in [3.63, 3.8) is 0 Å². The molecule has 0 radical (unpaired) electrons. The van der Waals surface area contributed by atoms with Crippen LogP contribution in [0, 0.1) is 23.0 Å². The average molecular weight is 250 g/mol. The third kappa shape index (κ3) is 2.79. The Balaban J connectivity index is 2.12. The van der Waals surface area contributed by atoms with Gasteiger partial charge in [-0.15, -0.1) is 0 Å². The summed E-state index contributed by atoms with van der Waals surface area (Å²) >= 11 is 0. The highest BCUT2D eigenvalue weighted by atomic mass is 16.6. The third-order valence-corrected chi connectivity index (χ3v) is 3.49. The Labute approximate surface area is 106 Å². The van der Waals surface area contributed by atoms with Gasteiger partial charge in [0.15, 0.2) is 0 Å². The van der Waals surface area contributed by atoms with Crippen LogP contribution in [-0.2, 0) is 4.74 Å². The van der Waals surface area contributed by atoms with Gasteiger partial charge in [0, 0.05) is 36.4 Å². The molecule has 2 unspecified atom stereocenters. The highest BCUT2D eigenvalue weighted by molar-refractivity contribution is 5.57. The van der Waals surface area contributed by atoms with Gasteiger partial charge in [-0.05, 0) is 25.8 Å². The first-order valence-electron chi connectivity index (χ1n) is 6.17. The number of ether oxygens (including phenoxy) is 1. The minimum Gasteiger partial charge on any atom is -0.382 e. The summed E-state index contributed by atoms with van der Waals surface area (Å²) in [4.78, 5) is 10.4. The largest absolute Gasteiger partial charge is 0.382 e. The number of nitrogens with zero attached hydrogens (tertiary/aromatic N) is 1. The lowest BCUT2D eigenvalue weighted by Crippen LogP contribution is -2.26. The smallest absolute Gasteiger partial charge is 0.271 e. The predicted octanol–water partition coefficient (Wildman–Crippen LogP) is 2.74. The molecule has 0 aliphatic carbocycles. The lowest BCUT2D eigenvalue weighted by Gasteiger charge is -2.21. The van der Waals surface area contributed by atoms with Crippen molar-refractivity contribution in [3.05, 3.63) is 33.9 Å². The summed E-state index contributed by atoms with van der Waals surface area (Å²) in [6.45, 7) is 5.62. The zero-order valence-electron chi connectivity index (χ0n) is 10.7. The van der Waals surface area contributed by atoms with Gasteiger partial charge in [0.1, 0.15) is 0 Å². The first kappa shape index (κ1) is 12.8. The van der Waals surface area contributed by atoms with E-state index in [0.29, 0.717) is 5.92 Å². The van der Waals surface area contributed by atoms with Crippen LogP contribution in [0.1, 0.15) is 18.9 Å². The highest BCUT2D eigenvalue weighted by Crippen LogP contribution is 2.25. The molecule has 0 saturated carbocycles. The number of nitrogens with one attached hydrogen (secondary N) is 1. The van der Waals surface area contributed by atoms with Crippen molar-refractivity contribution in [2.24, 2.45) is 5.92 Å². The Kier molecular flexibility index (Phi) is 3.81. The van der Waals surface area contributed by atoms with Gasteiger partial charge in [0.2, 0.25) is 0 Å². The quantitative estimate of drug-likeness (QED) is 0.659. The summed E-state index contributed by atoms with van der Waals surface area (Å²) in [5, 5.41) is 14.1. The van der Waals surface area contributed by atoms with Crippen molar-refractivity contribution in [3.8, 4) is 0 Å². The van der Waals surface area contributed by atoms with E-state index in [1.54, 1.807) is 12.1 Å². The van der Waals surface area contributed by atoms with Crippen molar-refractivity contribution in [2.45, 2.75) is 26.3 Å². The van der Waals surface area contributed by atoms with Crippen molar-refractivity contribution < 1.29 is 9.66 Å². The Hall–Kier alpha value is -1.62. The topological polar surface area (TPSA) is 64.4 Å². The zero-order valence-corrected chi connectivity index (χ0v) is 10.7. The van der Waals surface area contributed by atoms with Crippen LogP contribution in [-0.4, -0.2) is 24.2 Å². The van der Waals surface area contributed by atoms with E-state index < -0.39 is 0 Å². The number of nitro groups is 1. The molecule has 0 amide bonds. The fourth-order valence-corrected chi connectivity index (χ4v) is 2.19. The van der Waals surface area contributed by atoms with Gasteiger partial charge in [-0.25, -0.2) is 0 Å².